The van der Waals surface area contributed by atoms with Crippen LogP contribution in [0.3, 0.4) is 0 Å². The maximum atomic E-state index is 11.5. The second kappa shape index (κ2) is 8.86. The molecule has 138 valence electrons. The van der Waals surface area contributed by atoms with Crippen molar-refractivity contribution in [3.8, 4) is 5.75 Å². The molecule has 0 aromatic heterocycles. The monoisotopic (exact) mass is 353 g/mol. The third-order valence-electron chi connectivity index (χ3n) is 5.01. The minimum atomic E-state index is -0.321. The van der Waals surface area contributed by atoms with Crippen molar-refractivity contribution in [1.29, 1.82) is 0 Å². The smallest absolute Gasteiger partial charge is 0.337 e. The standard InChI is InChI=1S/C22H27NO3/c1-17-11-13-23(14-12-17)15-20-5-3-4-6-21(20)26-16-18-7-9-19(10-8-18)22(24)25-2/h3-10,17H,11-16H2,1-2H3. The molecule has 0 saturated carbocycles. The fourth-order valence-corrected chi connectivity index (χ4v) is 3.25. The molecule has 0 atom stereocenters. The van der Waals surface area contributed by atoms with Gasteiger partial charge in [-0.1, -0.05) is 37.3 Å². The average molecular weight is 353 g/mol. The van der Waals surface area contributed by atoms with Crippen molar-refractivity contribution in [2.75, 3.05) is 20.2 Å². The van der Waals surface area contributed by atoms with Crippen molar-refractivity contribution in [1.82, 2.24) is 4.90 Å². The van der Waals surface area contributed by atoms with Gasteiger partial charge in [-0.05, 0) is 55.6 Å². The third-order valence-corrected chi connectivity index (χ3v) is 5.01. The molecule has 0 N–H and O–H groups in total. The summed E-state index contributed by atoms with van der Waals surface area (Å²) in [6.07, 6.45) is 2.55. The lowest BCUT2D eigenvalue weighted by molar-refractivity contribution is 0.0600. The number of esters is 1. The summed E-state index contributed by atoms with van der Waals surface area (Å²) in [5.41, 5.74) is 2.81. The molecule has 1 saturated heterocycles. The number of hydrogen-bond donors (Lipinski definition) is 0. The zero-order valence-electron chi connectivity index (χ0n) is 15.6. The Morgan fingerprint density at radius 3 is 2.46 bits per heavy atom. The Bertz CT molecular complexity index is 718. The van der Waals surface area contributed by atoms with E-state index in [1.807, 2.05) is 24.3 Å². The van der Waals surface area contributed by atoms with Crippen molar-refractivity contribution in [3.63, 3.8) is 0 Å². The van der Waals surface area contributed by atoms with Crippen molar-refractivity contribution < 1.29 is 14.3 Å². The molecule has 0 aliphatic carbocycles. The fourth-order valence-electron chi connectivity index (χ4n) is 3.25. The molecule has 2 aromatic rings. The zero-order chi connectivity index (χ0) is 18.4. The van der Waals surface area contributed by atoms with Gasteiger partial charge in [0.25, 0.3) is 0 Å². The number of ether oxygens (including phenoxy) is 2. The van der Waals surface area contributed by atoms with E-state index in [0.29, 0.717) is 12.2 Å². The Balaban J connectivity index is 1.60. The Labute approximate surface area is 155 Å². The van der Waals surface area contributed by atoms with Crippen LogP contribution < -0.4 is 4.74 Å². The maximum absolute atomic E-state index is 11.5. The molecule has 0 unspecified atom stereocenters. The molecule has 26 heavy (non-hydrogen) atoms. The van der Waals surface area contributed by atoms with E-state index >= 15 is 0 Å². The Morgan fingerprint density at radius 2 is 1.77 bits per heavy atom. The Kier molecular flexibility index (Phi) is 6.29. The number of rotatable bonds is 6. The number of nitrogens with zero attached hydrogens (tertiary/aromatic N) is 1. The minimum absolute atomic E-state index is 0.321. The summed E-state index contributed by atoms with van der Waals surface area (Å²) in [6, 6.07) is 15.6. The van der Waals surface area contributed by atoms with Crippen LogP contribution in [0.1, 0.15) is 41.3 Å². The highest BCUT2D eigenvalue weighted by Gasteiger charge is 2.17. The van der Waals surface area contributed by atoms with Crippen LogP contribution >= 0.6 is 0 Å². The van der Waals surface area contributed by atoms with Crippen molar-refractivity contribution in [3.05, 3.63) is 65.2 Å². The highest BCUT2D eigenvalue weighted by molar-refractivity contribution is 5.89. The molecule has 2 aromatic carbocycles. The third kappa shape index (κ3) is 4.85. The van der Waals surface area contributed by atoms with Crippen LogP contribution in [0, 0.1) is 5.92 Å². The SMILES string of the molecule is COC(=O)c1ccc(COc2ccccc2CN2CCC(C)CC2)cc1. The van der Waals surface area contributed by atoms with Gasteiger partial charge in [-0.2, -0.15) is 0 Å². The molecule has 4 heteroatoms. The van der Waals surface area contributed by atoms with Crippen molar-refractivity contribution in [2.45, 2.75) is 32.9 Å². The molecule has 4 nitrogen and oxygen atoms in total. The van der Waals surface area contributed by atoms with E-state index in [0.717, 1.165) is 36.9 Å². The van der Waals surface area contributed by atoms with E-state index in [9.17, 15) is 4.79 Å². The first-order valence-corrected chi connectivity index (χ1v) is 9.26. The van der Waals surface area contributed by atoms with Crippen LogP contribution in [0.4, 0.5) is 0 Å². The summed E-state index contributed by atoms with van der Waals surface area (Å²) < 4.78 is 10.8. The molecule has 1 aliphatic heterocycles. The van der Waals surface area contributed by atoms with Gasteiger partial charge in [0, 0.05) is 12.1 Å². The number of hydrogen-bond acceptors (Lipinski definition) is 4. The van der Waals surface area contributed by atoms with E-state index < -0.39 is 0 Å². The van der Waals surface area contributed by atoms with Gasteiger partial charge in [-0.15, -0.1) is 0 Å². The number of benzene rings is 2. The molecule has 1 aliphatic rings. The van der Waals surface area contributed by atoms with Crippen LogP contribution in [-0.2, 0) is 17.9 Å². The van der Waals surface area contributed by atoms with Crippen LogP contribution in [-0.4, -0.2) is 31.1 Å². The molecular weight excluding hydrogens is 326 g/mol. The zero-order valence-corrected chi connectivity index (χ0v) is 15.6. The number of piperidine rings is 1. The Hall–Kier alpha value is -2.33. The first-order chi connectivity index (χ1) is 12.7. The second-order valence-corrected chi connectivity index (χ2v) is 7.04. The summed E-state index contributed by atoms with van der Waals surface area (Å²) in [6.45, 7) is 6.06. The van der Waals surface area contributed by atoms with Gasteiger partial charge in [0.05, 0.1) is 12.7 Å². The summed E-state index contributed by atoms with van der Waals surface area (Å²) in [5.74, 6) is 1.45. The van der Waals surface area contributed by atoms with Crippen molar-refractivity contribution >= 4 is 5.97 Å². The lowest BCUT2D eigenvalue weighted by atomic mass is 9.99. The summed E-state index contributed by atoms with van der Waals surface area (Å²) >= 11 is 0. The van der Waals surface area contributed by atoms with Gasteiger partial charge in [-0.25, -0.2) is 4.79 Å². The van der Waals surface area contributed by atoms with E-state index in [4.69, 9.17) is 9.47 Å². The molecule has 1 heterocycles. The van der Waals surface area contributed by atoms with Crippen LogP contribution in [0.25, 0.3) is 0 Å². The quantitative estimate of drug-likeness (QED) is 0.727. The lowest BCUT2D eigenvalue weighted by Gasteiger charge is -2.30. The molecule has 3 rings (SSSR count). The predicted molar refractivity (Wildman–Crippen MR) is 102 cm³/mol. The van der Waals surface area contributed by atoms with Gasteiger partial charge < -0.3 is 9.47 Å². The number of para-hydroxylation sites is 1. The number of carbonyl (C=O) groups excluding carboxylic acids is 1. The summed E-state index contributed by atoms with van der Waals surface area (Å²) in [5, 5.41) is 0. The average Bonchev–Trinajstić information content (AvgIpc) is 2.69. The minimum Gasteiger partial charge on any atom is -0.489 e. The largest absolute Gasteiger partial charge is 0.489 e. The topological polar surface area (TPSA) is 38.8 Å². The first-order valence-electron chi connectivity index (χ1n) is 9.26. The highest BCUT2D eigenvalue weighted by atomic mass is 16.5. The molecule has 0 amide bonds. The van der Waals surface area contributed by atoms with Crippen LogP contribution in [0.5, 0.6) is 5.75 Å². The molecule has 0 radical (unpaired) electrons. The number of likely N-dealkylation sites (tertiary alicyclic amines) is 1. The number of carbonyl (C=O) groups is 1. The van der Waals surface area contributed by atoms with Gasteiger partial charge >= 0.3 is 5.97 Å². The van der Waals surface area contributed by atoms with Gasteiger partial charge in [0.1, 0.15) is 12.4 Å². The van der Waals surface area contributed by atoms with Gasteiger partial charge in [-0.3, -0.25) is 4.90 Å². The van der Waals surface area contributed by atoms with Crippen LogP contribution in [0.2, 0.25) is 0 Å². The normalized spacial score (nSPS) is 15.6. The fraction of sp³-hybridized carbons (Fsp3) is 0.409. The van der Waals surface area contributed by atoms with Gasteiger partial charge in [0.2, 0.25) is 0 Å². The van der Waals surface area contributed by atoms with Crippen LogP contribution in [0.15, 0.2) is 48.5 Å². The highest BCUT2D eigenvalue weighted by Crippen LogP contribution is 2.24. The molecule has 0 spiro atoms. The van der Waals surface area contributed by atoms with Crippen molar-refractivity contribution in [2.24, 2.45) is 5.92 Å². The maximum Gasteiger partial charge on any atom is 0.337 e. The Morgan fingerprint density at radius 1 is 1.08 bits per heavy atom. The van der Waals surface area contributed by atoms with E-state index in [2.05, 4.69) is 24.0 Å². The summed E-state index contributed by atoms with van der Waals surface area (Å²) in [7, 11) is 1.39. The summed E-state index contributed by atoms with van der Waals surface area (Å²) in [4.78, 5) is 14.0. The molecule has 1 fully saturated rings. The second-order valence-electron chi connectivity index (χ2n) is 7.04. The number of methoxy groups -OCH3 is 1. The molecular formula is C22H27NO3. The predicted octanol–water partition coefficient (Wildman–Crippen LogP) is 4.28. The van der Waals surface area contributed by atoms with E-state index in [1.54, 1.807) is 12.1 Å². The lowest BCUT2D eigenvalue weighted by Crippen LogP contribution is -2.32. The molecule has 0 bridgehead atoms. The van der Waals surface area contributed by atoms with E-state index in [-0.39, 0.29) is 5.97 Å². The first kappa shape index (κ1) is 18.5. The van der Waals surface area contributed by atoms with E-state index in [1.165, 1.54) is 25.5 Å². The van der Waals surface area contributed by atoms with Gasteiger partial charge in [0.15, 0.2) is 0 Å².